The van der Waals surface area contributed by atoms with Gasteiger partial charge in [-0.2, -0.15) is 0 Å². The van der Waals surface area contributed by atoms with E-state index in [1.54, 1.807) is 6.92 Å². The number of rotatable bonds is 6. The quantitative estimate of drug-likeness (QED) is 0.488. The van der Waals surface area contributed by atoms with Gasteiger partial charge in [0.15, 0.2) is 6.10 Å². The lowest BCUT2D eigenvalue weighted by atomic mass is 10.2. The fraction of sp³-hybridized carbons (Fsp3) is 0.385. The Bertz CT molecular complexity index is 558. The van der Waals surface area contributed by atoms with Crippen LogP contribution in [0.4, 0.5) is 11.4 Å². The molecule has 1 rings (SSSR count). The van der Waals surface area contributed by atoms with Crippen LogP contribution >= 0.6 is 0 Å². The topological polar surface area (TPSA) is 108 Å². The van der Waals surface area contributed by atoms with Crippen LogP contribution in [0.25, 0.3) is 0 Å². The molecule has 0 fully saturated rings. The van der Waals surface area contributed by atoms with Crippen molar-refractivity contribution < 1.29 is 24.0 Å². The zero-order chi connectivity index (χ0) is 16.0. The van der Waals surface area contributed by atoms with Gasteiger partial charge in [-0.15, -0.1) is 0 Å². The van der Waals surface area contributed by atoms with Gasteiger partial charge >= 0.3 is 5.97 Å². The summed E-state index contributed by atoms with van der Waals surface area (Å²) < 4.78 is 9.86. The van der Waals surface area contributed by atoms with Gasteiger partial charge in [-0.3, -0.25) is 19.7 Å². The van der Waals surface area contributed by atoms with E-state index >= 15 is 0 Å². The molecule has 1 N–H and O–H groups in total. The van der Waals surface area contributed by atoms with Gasteiger partial charge in [0, 0.05) is 12.5 Å². The second-order valence-corrected chi connectivity index (χ2v) is 4.12. The predicted octanol–water partition coefficient (Wildman–Crippen LogP) is 1.88. The third-order valence-electron chi connectivity index (χ3n) is 2.62. The minimum Gasteiger partial charge on any atom is -0.494 e. The van der Waals surface area contributed by atoms with Crippen LogP contribution in [0.5, 0.6) is 5.75 Å². The van der Waals surface area contributed by atoms with E-state index < -0.39 is 22.9 Å². The third-order valence-corrected chi connectivity index (χ3v) is 2.62. The molecule has 1 aromatic carbocycles. The Labute approximate surface area is 121 Å². The highest BCUT2D eigenvalue weighted by Crippen LogP contribution is 2.29. The fourth-order valence-corrected chi connectivity index (χ4v) is 1.47. The number of carbonyl (C=O) groups is 2. The van der Waals surface area contributed by atoms with E-state index in [0.29, 0.717) is 0 Å². The molecule has 0 aliphatic rings. The lowest BCUT2D eigenvalue weighted by molar-refractivity contribution is -0.384. The zero-order valence-corrected chi connectivity index (χ0v) is 11.9. The molecule has 0 aromatic heterocycles. The summed E-state index contributed by atoms with van der Waals surface area (Å²) in [6.45, 7) is 3.05. The minimum absolute atomic E-state index is 0.145. The van der Waals surface area contributed by atoms with E-state index in [-0.39, 0.29) is 23.5 Å². The second-order valence-electron chi connectivity index (χ2n) is 4.12. The van der Waals surface area contributed by atoms with Gasteiger partial charge in [0.2, 0.25) is 0 Å². The summed E-state index contributed by atoms with van der Waals surface area (Å²) in [6.07, 6.45) is -0.810. The number of hydrogen-bond donors (Lipinski definition) is 1. The van der Waals surface area contributed by atoms with E-state index in [9.17, 15) is 19.7 Å². The van der Waals surface area contributed by atoms with Crippen molar-refractivity contribution in [2.45, 2.75) is 26.4 Å². The first-order valence-corrected chi connectivity index (χ1v) is 6.21. The standard InChI is InChI=1S/C13H16N2O6/c1-4-12(16)21-8(2)13(17)14-10-6-5-9(15(18)19)7-11(10)20-3/h5-8H,4H2,1-3H3,(H,14,17)/t8-/m1/s1. The number of benzene rings is 1. The molecule has 0 spiro atoms. The molecule has 8 nitrogen and oxygen atoms in total. The highest BCUT2D eigenvalue weighted by Gasteiger charge is 2.19. The van der Waals surface area contributed by atoms with Crippen LogP contribution in [-0.4, -0.2) is 30.0 Å². The molecule has 0 bridgehead atoms. The van der Waals surface area contributed by atoms with Crippen LogP contribution in [0.2, 0.25) is 0 Å². The van der Waals surface area contributed by atoms with Gasteiger partial charge in [0.1, 0.15) is 5.75 Å². The van der Waals surface area contributed by atoms with Crippen molar-refractivity contribution in [3.63, 3.8) is 0 Å². The molecule has 1 amide bonds. The Kier molecular flexibility index (Phi) is 5.65. The number of anilines is 1. The van der Waals surface area contributed by atoms with Crippen molar-refractivity contribution in [3.05, 3.63) is 28.3 Å². The smallest absolute Gasteiger partial charge is 0.306 e. The molecule has 8 heteroatoms. The van der Waals surface area contributed by atoms with Crippen LogP contribution in [0.15, 0.2) is 18.2 Å². The molecule has 1 aromatic rings. The lowest BCUT2D eigenvalue weighted by Crippen LogP contribution is -2.29. The third kappa shape index (κ3) is 4.44. The molecule has 0 aliphatic heterocycles. The Morgan fingerprint density at radius 3 is 2.62 bits per heavy atom. The predicted molar refractivity (Wildman–Crippen MR) is 74.1 cm³/mol. The van der Waals surface area contributed by atoms with Gasteiger partial charge in [0.05, 0.1) is 23.8 Å². The molecule has 0 saturated heterocycles. The number of non-ortho nitro benzene ring substituents is 1. The summed E-state index contributed by atoms with van der Waals surface area (Å²) in [7, 11) is 1.33. The summed E-state index contributed by atoms with van der Waals surface area (Å²) in [6, 6.07) is 3.78. The maximum atomic E-state index is 11.9. The summed E-state index contributed by atoms with van der Waals surface area (Å²) >= 11 is 0. The molecular formula is C13H16N2O6. The first-order chi connectivity index (χ1) is 9.88. The molecule has 0 saturated carbocycles. The average molecular weight is 296 g/mol. The molecule has 1 atom stereocenters. The molecule has 0 aliphatic carbocycles. The number of amides is 1. The Morgan fingerprint density at radius 1 is 1.43 bits per heavy atom. The van der Waals surface area contributed by atoms with Crippen LogP contribution in [-0.2, 0) is 14.3 Å². The van der Waals surface area contributed by atoms with E-state index in [1.807, 2.05) is 0 Å². The first-order valence-electron chi connectivity index (χ1n) is 6.21. The Morgan fingerprint density at radius 2 is 2.10 bits per heavy atom. The van der Waals surface area contributed by atoms with Crippen LogP contribution in [0, 0.1) is 10.1 Å². The first kappa shape index (κ1) is 16.4. The fourth-order valence-electron chi connectivity index (χ4n) is 1.47. The molecule has 114 valence electrons. The van der Waals surface area contributed by atoms with Gasteiger partial charge in [0.25, 0.3) is 11.6 Å². The molecule has 0 unspecified atom stereocenters. The summed E-state index contributed by atoms with van der Waals surface area (Å²) in [5.74, 6) is -0.899. The largest absolute Gasteiger partial charge is 0.494 e. The van der Waals surface area contributed by atoms with E-state index in [2.05, 4.69) is 5.32 Å². The van der Waals surface area contributed by atoms with E-state index in [4.69, 9.17) is 9.47 Å². The number of nitro groups is 1. The average Bonchev–Trinajstić information content (AvgIpc) is 2.46. The number of carbonyl (C=O) groups excluding carboxylic acids is 2. The number of esters is 1. The van der Waals surface area contributed by atoms with E-state index in [0.717, 1.165) is 0 Å². The number of methoxy groups -OCH3 is 1. The second kappa shape index (κ2) is 7.22. The van der Waals surface area contributed by atoms with Crippen LogP contribution in [0.1, 0.15) is 20.3 Å². The van der Waals surface area contributed by atoms with Crippen molar-refractivity contribution in [2.75, 3.05) is 12.4 Å². The number of hydrogen-bond acceptors (Lipinski definition) is 6. The zero-order valence-electron chi connectivity index (χ0n) is 11.9. The maximum Gasteiger partial charge on any atom is 0.306 e. The van der Waals surface area contributed by atoms with Crippen molar-refractivity contribution in [2.24, 2.45) is 0 Å². The van der Waals surface area contributed by atoms with Crippen molar-refractivity contribution in [1.82, 2.24) is 0 Å². The molecule has 0 radical (unpaired) electrons. The maximum absolute atomic E-state index is 11.9. The van der Waals surface area contributed by atoms with Crippen molar-refractivity contribution in [1.29, 1.82) is 0 Å². The van der Waals surface area contributed by atoms with Crippen molar-refractivity contribution >= 4 is 23.3 Å². The molecular weight excluding hydrogens is 280 g/mol. The van der Waals surface area contributed by atoms with Gasteiger partial charge < -0.3 is 14.8 Å². The normalized spacial score (nSPS) is 11.4. The van der Waals surface area contributed by atoms with E-state index in [1.165, 1.54) is 32.2 Å². The van der Waals surface area contributed by atoms with Gasteiger partial charge in [-0.25, -0.2) is 0 Å². The molecule has 21 heavy (non-hydrogen) atoms. The van der Waals surface area contributed by atoms with Crippen LogP contribution < -0.4 is 10.1 Å². The Balaban J connectivity index is 2.84. The van der Waals surface area contributed by atoms with Crippen molar-refractivity contribution in [3.8, 4) is 5.75 Å². The summed E-state index contributed by atoms with van der Waals surface area (Å²) in [5, 5.41) is 13.2. The van der Waals surface area contributed by atoms with Gasteiger partial charge in [-0.05, 0) is 13.0 Å². The van der Waals surface area contributed by atoms with Gasteiger partial charge in [-0.1, -0.05) is 6.92 Å². The Hall–Kier alpha value is -2.64. The minimum atomic E-state index is -0.975. The number of ether oxygens (including phenoxy) is 2. The summed E-state index contributed by atoms with van der Waals surface area (Å²) in [4.78, 5) is 33.1. The van der Waals surface area contributed by atoms with Crippen LogP contribution in [0.3, 0.4) is 0 Å². The number of nitrogens with zero attached hydrogens (tertiary/aromatic N) is 1. The number of nitrogens with one attached hydrogen (secondary N) is 1. The monoisotopic (exact) mass is 296 g/mol. The summed E-state index contributed by atoms with van der Waals surface area (Å²) in [5.41, 5.74) is 0.0998. The lowest BCUT2D eigenvalue weighted by Gasteiger charge is -2.14. The highest BCUT2D eigenvalue weighted by atomic mass is 16.6. The molecule has 0 heterocycles. The number of nitro benzene ring substituents is 1. The SMILES string of the molecule is CCC(=O)O[C@H](C)C(=O)Nc1ccc([N+](=O)[O-])cc1OC. The highest BCUT2D eigenvalue weighted by molar-refractivity contribution is 5.96.